The summed E-state index contributed by atoms with van der Waals surface area (Å²) in [6.07, 6.45) is 7.69. The van der Waals surface area contributed by atoms with Crippen LogP contribution in [0.1, 0.15) is 25.0 Å². The van der Waals surface area contributed by atoms with Crippen molar-refractivity contribution >= 4 is 23.1 Å². The Morgan fingerprint density at radius 2 is 1.85 bits per heavy atom. The van der Waals surface area contributed by atoms with Gasteiger partial charge in [-0.15, -0.1) is 0 Å². The second kappa shape index (κ2) is 7.47. The highest BCUT2D eigenvalue weighted by Gasteiger charge is 2.11. The molecule has 0 spiro atoms. The molecule has 4 rings (SSSR count). The van der Waals surface area contributed by atoms with E-state index in [-0.39, 0.29) is 6.03 Å². The number of carbonyl (C=O) groups is 1. The Labute approximate surface area is 152 Å². The molecule has 2 N–H and O–H groups in total. The van der Waals surface area contributed by atoms with Crippen molar-refractivity contribution in [2.45, 2.75) is 25.8 Å². The van der Waals surface area contributed by atoms with Crippen LogP contribution in [0, 0.1) is 0 Å². The molecule has 2 aromatic heterocycles. The predicted molar refractivity (Wildman–Crippen MR) is 104 cm³/mol. The average molecular weight is 349 g/mol. The molecule has 0 radical (unpaired) electrons. The smallest absolute Gasteiger partial charge is 0.319 e. The summed E-state index contributed by atoms with van der Waals surface area (Å²) >= 11 is 0. The number of rotatable bonds is 4. The lowest BCUT2D eigenvalue weighted by Crippen LogP contribution is -2.29. The first-order valence-electron chi connectivity index (χ1n) is 9.10. The Hall–Kier alpha value is -3.02. The fraction of sp³-hybridized carbons (Fsp3) is 0.300. The number of carbonyl (C=O) groups excluding carboxylic acids is 1. The van der Waals surface area contributed by atoms with E-state index in [1.807, 2.05) is 47.1 Å². The van der Waals surface area contributed by atoms with Crippen LogP contribution < -0.4 is 15.5 Å². The molecular weight excluding hydrogens is 326 g/mol. The lowest BCUT2D eigenvalue weighted by molar-refractivity contribution is 0.251. The molecule has 26 heavy (non-hydrogen) atoms. The first kappa shape index (κ1) is 16.4. The van der Waals surface area contributed by atoms with Gasteiger partial charge in [0.05, 0.1) is 12.2 Å². The first-order chi connectivity index (χ1) is 12.8. The van der Waals surface area contributed by atoms with Crippen LogP contribution in [0.5, 0.6) is 0 Å². The number of aromatic nitrogens is 2. The number of hydrogen-bond donors (Lipinski definition) is 2. The molecule has 1 aliphatic rings. The number of pyridine rings is 1. The molecular formula is C20H23N5O. The maximum absolute atomic E-state index is 12.1. The Morgan fingerprint density at radius 3 is 2.62 bits per heavy atom. The van der Waals surface area contributed by atoms with Gasteiger partial charge in [-0.25, -0.2) is 9.78 Å². The number of amides is 2. The van der Waals surface area contributed by atoms with Gasteiger partial charge in [-0.3, -0.25) is 0 Å². The van der Waals surface area contributed by atoms with Crippen LogP contribution in [0.25, 0.3) is 5.65 Å². The van der Waals surface area contributed by atoms with Crippen molar-refractivity contribution in [3.05, 3.63) is 60.6 Å². The standard InChI is InChI=1S/C20H23N5O/c26-20(21-14-17-15-25-13-5-2-6-19(25)22-17)23-16-7-9-18(10-8-16)24-11-3-1-4-12-24/h2,5-10,13,15H,1,3-4,11-12,14H2,(H2,21,23,26). The Kier molecular flexibility index (Phi) is 4.73. The number of urea groups is 1. The summed E-state index contributed by atoms with van der Waals surface area (Å²) < 4.78 is 1.94. The third kappa shape index (κ3) is 3.79. The number of hydrogen-bond acceptors (Lipinski definition) is 3. The number of piperidine rings is 1. The molecule has 6 heteroatoms. The van der Waals surface area contributed by atoms with Gasteiger partial charge < -0.3 is 19.9 Å². The lowest BCUT2D eigenvalue weighted by Gasteiger charge is -2.28. The fourth-order valence-corrected chi connectivity index (χ4v) is 3.33. The highest BCUT2D eigenvalue weighted by atomic mass is 16.2. The van der Waals surface area contributed by atoms with Gasteiger partial charge in [-0.1, -0.05) is 6.07 Å². The minimum atomic E-state index is -0.229. The number of nitrogens with zero attached hydrogens (tertiary/aromatic N) is 3. The van der Waals surface area contributed by atoms with Crippen molar-refractivity contribution in [3.8, 4) is 0 Å². The van der Waals surface area contributed by atoms with Gasteiger partial charge in [0, 0.05) is 36.9 Å². The minimum absolute atomic E-state index is 0.229. The number of fused-ring (bicyclic) bond motifs is 1. The maximum Gasteiger partial charge on any atom is 0.319 e. The maximum atomic E-state index is 12.1. The van der Waals surface area contributed by atoms with Crippen molar-refractivity contribution in [1.29, 1.82) is 0 Å². The van der Waals surface area contributed by atoms with E-state index in [1.165, 1.54) is 24.9 Å². The molecule has 1 saturated heterocycles. The zero-order chi connectivity index (χ0) is 17.8. The summed E-state index contributed by atoms with van der Waals surface area (Å²) in [5, 5.41) is 5.72. The number of imidazole rings is 1. The van der Waals surface area contributed by atoms with E-state index in [0.717, 1.165) is 30.1 Å². The van der Waals surface area contributed by atoms with Gasteiger partial charge in [0.15, 0.2) is 0 Å². The molecule has 0 aliphatic carbocycles. The molecule has 2 amide bonds. The van der Waals surface area contributed by atoms with Gasteiger partial charge >= 0.3 is 6.03 Å². The zero-order valence-electron chi connectivity index (χ0n) is 14.7. The van der Waals surface area contributed by atoms with E-state index in [9.17, 15) is 4.79 Å². The summed E-state index contributed by atoms with van der Waals surface area (Å²) in [6, 6.07) is 13.7. The molecule has 134 valence electrons. The molecule has 1 fully saturated rings. The van der Waals surface area contributed by atoms with Gasteiger partial charge in [0.1, 0.15) is 5.65 Å². The van der Waals surface area contributed by atoms with Crippen LogP contribution in [0.3, 0.4) is 0 Å². The minimum Gasteiger partial charge on any atom is -0.372 e. The molecule has 3 heterocycles. The van der Waals surface area contributed by atoms with Gasteiger partial charge in [0.2, 0.25) is 0 Å². The molecule has 0 saturated carbocycles. The second-order valence-corrected chi connectivity index (χ2v) is 6.60. The van der Waals surface area contributed by atoms with E-state index in [1.54, 1.807) is 0 Å². The highest BCUT2D eigenvalue weighted by Crippen LogP contribution is 2.21. The lowest BCUT2D eigenvalue weighted by atomic mass is 10.1. The topological polar surface area (TPSA) is 61.7 Å². The summed E-state index contributed by atoms with van der Waals surface area (Å²) in [7, 11) is 0. The Morgan fingerprint density at radius 1 is 1.04 bits per heavy atom. The summed E-state index contributed by atoms with van der Waals surface area (Å²) in [5.41, 5.74) is 3.71. The fourth-order valence-electron chi connectivity index (χ4n) is 3.33. The van der Waals surface area contributed by atoms with Gasteiger partial charge in [-0.05, 0) is 55.7 Å². The van der Waals surface area contributed by atoms with E-state index >= 15 is 0 Å². The van der Waals surface area contributed by atoms with Gasteiger partial charge in [0.25, 0.3) is 0 Å². The molecule has 3 aromatic rings. The average Bonchev–Trinajstić information content (AvgIpc) is 3.11. The van der Waals surface area contributed by atoms with Crippen molar-refractivity contribution in [1.82, 2.24) is 14.7 Å². The Balaban J connectivity index is 1.31. The SMILES string of the molecule is O=C(NCc1cn2ccccc2n1)Nc1ccc(N2CCCCC2)cc1. The van der Waals surface area contributed by atoms with Crippen LogP contribution in [0.4, 0.5) is 16.2 Å². The Bertz CT molecular complexity index is 848. The number of anilines is 2. The van der Waals surface area contributed by atoms with Crippen molar-refractivity contribution in [2.75, 3.05) is 23.3 Å². The molecule has 0 unspecified atom stereocenters. The van der Waals surface area contributed by atoms with E-state index in [2.05, 4.69) is 32.7 Å². The predicted octanol–water partition coefficient (Wildman–Crippen LogP) is 3.65. The largest absolute Gasteiger partial charge is 0.372 e. The number of benzene rings is 1. The van der Waals surface area contributed by atoms with Crippen molar-refractivity contribution in [3.63, 3.8) is 0 Å². The normalized spacial score (nSPS) is 14.4. The van der Waals surface area contributed by atoms with E-state index < -0.39 is 0 Å². The number of nitrogens with one attached hydrogen (secondary N) is 2. The molecule has 6 nitrogen and oxygen atoms in total. The van der Waals surface area contributed by atoms with Crippen molar-refractivity contribution in [2.24, 2.45) is 0 Å². The summed E-state index contributed by atoms with van der Waals surface area (Å²) in [6.45, 7) is 2.62. The summed E-state index contributed by atoms with van der Waals surface area (Å²) in [5.74, 6) is 0. The molecule has 1 aromatic carbocycles. The van der Waals surface area contributed by atoms with Crippen LogP contribution in [-0.4, -0.2) is 28.5 Å². The van der Waals surface area contributed by atoms with Crippen LogP contribution >= 0.6 is 0 Å². The van der Waals surface area contributed by atoms with Crippen LogP contribution in [0.15, 0.2) is 54.9 Å². The first-order valence-corrected chi connectivity index (χ1v) is 9.10. The van der Waals surface area contributed by atoms with Gasteiger partial charge in [-0.2, -0.15) is 0 Å². The molecule has 0 atom stereocenters. The van der Waals surface area contributed by atoms with Crippen molar-refractivity contribution < 1.29 is 4.79 Å². The second-order valence-electron chi connectivity index (χ2n) is 6.60. The third-order valence-electron chi connectivity index (χ3n) is 4.69. The monoisotopic (exact) mass is 349 g/mol. The highest BCUT2D eigenvalue weighted by molar-refractivity contribution is 5.89. The van der Waals surface area contributed by atoms with Crippen LogP contribution in [-0.2, 0) is 6.54 Å². The third-order valence-corrected chi connectivity index (χ3v) is 4.69. The van der Waals surface area contributed by atoms with E-state index in [4.69, 9.17) is 0 Å². The quantitative estimate of drug-likeness (QED) is 0.756. The molecule has 0 bridgehead atoms. The zero-order valence-corrected chi connectivity index (χ0v) is 14.7. The molecule has 1 aliphatic heterocycles. The van der Waals surface area contributed by atoms with Crippen LogP contribution in [0.2, 0.25) is 0 Å². The summed E-state index contributed by atoms with van der Waals surface area (Å²) in [4.78, 5) is 19.0. The van der Waals surface area contributed by atoms with E-state index in [0.29, 0.717) is 6.54 Å².